The average Bonchev–Trinajstić information content (AvgIpc) is 2.59. The highest BCUT2D eigenvalue weighted by molar-refractivity contribution is 9.10. The van der Waals surface area contributed by atoms with Crippen LogP contribution in [0.2, 0.25) is 0 Å². The number of halogens is 2. The van der Waals surface area contributed by atoms with Gasteiger partial charge in [-0.25, -0.2) is 14.2 Å². The van der Waals surface area contributed by atoms with Gasteiger partial charge in [0.15, 0.2) is 0 Å². The molecule has 0 fully saturated rings. The van der Waals surface area contributed by atoms with Crippen LogP contribution in [0.25, 0.3) is 0 Å². The van der Waals surface area contributed by atoms with Crippen LogP contribution >= 0.6 is 15.9 Å². The molecule has 0 atom stereocenters. The first-order valence-electron chi connectivity index (χ1n) is 8.62. The smallest absolute Gasteiger partial charge is 0.338 e. The van der Waals surface area contributed by atoms with Crippen LogP contribution in [0.15, 0.2) is 45.9 Å². The van der Waals surface area contributed by atoms with E-state index in [2.05, 4.69) is 34.8 Å². The molecule has 138 valence electrons. The molecule has 3 nitrogen and oxygen atoms in total. The van der Waals surface area contributed by atoms with Crippen LogP contribution in [0, 0.1) is 18.7 Å². The summed E-state index contributed by atoms with van der Waals surface area (Å²) in [6.45, 7) is 8.19. The van der Waals surface area contributed by atoms with E-state index in [0.717, 1.165) is 21.3 Å². The van der Waals surface area contributed by atoms with Crippen LogP contribution in [0.1, 0.15) is 48.7 Å². The molecule has 0 radical (unpaired) electrons. The second kappa shape index (κ2) is 9.08. The van der Waals surface area contributed by atoms with E-state index in [1.54, 1.807) is 25.1 Å². The number of aliphatic imine (C=N–C) groups is 1. The Morgan fingerprint density at radius 2 is 1.81 bits per heavy atom. The Morgan fingerprint density at radius 3 is 2.38 bits per heavy atom. The minimum atomic E-state index is -0.369. The molecule has 0 heterocycles. The fourth-order valence-electron chi connectivity index (χ4n) is 2.50. The molecule has 0 N–H and O–H groups in total. The minimum Gasteiger partial charge on any atom is -0.462 e. The highest BCUT2D eigenvalue weighted by Gasteiger charge is 2.12. The fraction of sp³-hybridized carbons (Fsp3) is 0.333. The number of carbonyl (C=O) groups is 1. The van der Waals surface area contributed by atoms with E-state index in [0.29, 0.717) is 30.2 Å². The van der Waals surface area contributed by atoms with Crippen molar-refractivity contribution in [3.05, 3.63) is 63.4 Å². The van der Waals surface area contributed by atoms with Gasteiger partial charge in [0.2, 0.25) is 0 Å². The van der Waals surface area contributed by atoms with Gasteiger partial charge in [-0.3, -0.25) is 0 Å². The quantitative estimate of drug-likeness (QED) is 0.410. The average molecular weight is 420 g/mol. The van der Waals surface area contributed by atoms with Crippen molar-refractivity contribution in [2.45, 2.75) is 34.1 Å². The summed E-state index contributed by atoms with van der Waals surface area (Å²) in [4.78, 5) is 16.4. The van der Waals surface area contributed by atoms with Gasteiger partial charge in [0.1, 0.15) is 5.82 Å². The zero-order chi connectivity index (χ0) is 19.3. The van der Waals surface area contributed by atoms with Gasteiger partial charge in [0.25, 0.3) is 0 Å². The zero-order valence-corrected chi connectivity index (χ0v) is 17.1. The number of hydrogen-bond acceptors (Lipinski definition) is 3. The number of nitrogens with zero attached hydrogens (tertiary/aromatic N) is 1. The number of esters is 1. The molecule has 0 unspecified atom stereocenters. The van der Waals surface area contributed by atoms with Gasteiger partial charge in [-0.2, -0.15) is 0 Å². The Bertz CT molecular complexity index is 814. The highest BCUT2D eigenvalue weighted by Crippen LogP contribution is 2.27. The van der Waals surface area contributed by atoms with E-state index in [1.807, 2.05) is 19.1 Å². The van der Waals surface area contributed by atoms with E-state index < -0.39 is 0 Å². The molecule has 0 aliphatic rings. The normalized spacial score (nSPS) is 11.7. The maximum absolute atomic E-state index is 14.3. The number of benzene rings is 2. The zero-order valence-electron chi connectivity index (χ0n) is 15.5. The third-order valence-corrected chi connectivity index (χ3v) is 4.67. The predicted molar refractivity (Wildman–Crippen MR) is 107 cm³/mol. The molecule has 0 aliphatic heterocycles. The molecular formula is C21H23BrFNO2. The molecule has 0 spiro atoms. The number of rotatable bonds is 6. The molecule has 2 aromatic carbocycles. The van der Waals surface area contributed by atoms with Crippen molar-refractivity contribution in [3.8, 4) is 0 Å². The largest absolute Gasteiger partial charge is 0.462 e. The number of hydrogen-bond donors (Lipinski definition) is 0. The maximum Gasteiger partial charge on any atom is 0.338 e. The molecule has 2 rings (SSSR count). The molecule has 0 saturated heterocycles. The third kappa shape index (κ3) is 5.24. The highest BCUT2D eigenvalue weighted by atomic mass is 79.9. The monoisotopic (exact) mass is 419 g/mol. The summed E-state index contributed by atoms with van der Waals surface area (Å²) in [6.07, 6.45) is 0.702. The van der Waals surface area contributed by atoms with Crippen molar-refractivity contribution in [2.75, 3.05) is 6.61 Å². The Labute approximate surface area is 162 Å². The van der Waals surface area contributed by atoms with Crippen LogP contribution in [-0.4, -0.2) is 18.3 Å². The Hall–Kier alpha value is -2.01. The second-order valence-corrected chi connectivity index (χ2v) is 7.36. The van der Waals surface area contributed by atoms with Gasteiger partial charge in [0.05, 0.1) is 17.9 Å². The molecule has 0 aliphatic carbocycles. The number of aryl methyl sites for hydroxylation is 1. The van der Waals surface area contributed by atoms with E-state index in [1.165, 1.54) is 6.07 Å². The molecule has 2 aromatic rings. The lowest BCUT2D eigenvalue weighted by Crippen LogP contribution is -2.08. The van der Waals surface area contributed by atoms with E-state index in [4.69, 9.17) is 4.74 Å². The second-order valence-electron chi connectivity index (χ2n) is 6.51. The Kier molecular flexibility index (Phi) is 7.09. The van der Waals surface area contributed by atoms with Gasteiger partial charge in [0, 0.05) is 10.2 Å². The summed E-state index contributed by atoms with van der Waals surface area (Å²) < 4.78 is 20.0. The third-order valence-electron chi connectivity index (χ3n) is 3.81. The van der Waals surface area contributed by atoms with E-state index >= 15 is 0 Å². The van der Waals surface area contributed by atoms with Crippen LogP contribution < -0.4 is 0 Å². The fourth-order valence-corrected chi connectivity index (χ4v) is 2.82. The van der Waals surface area contributed by atoms with Crippen LogP contribution in [-0.2, 0) is 4.74 Å². The lowest BCUT2D eigenvalue weighted by molar-refractivity contribution is 0.0526. The molecule has 0 bridgehead atoms. The van der Waals surface area contributed by atoms with Crippen molar-refractivity contribution in [1.82, 2.24) is 0 Å². The molecule has 0 saturated carbocycles. The lowest BCUT2D eigenvalue weighted by Gasteiger charge is -2.12. The van der Waals surface area contributed by atoms with Crippen molar-refractivity contribution < 1.29 is 13.9 Å². The summed E-state index contributed by atoms with van der Waals surface area (Å²) in [6, 6.07) is 10.3. The summed E-state index contributed by atoms with van der Waals surface area (Å²) in [5.74, 6) is -0.360. The van der Waals surface area contributed by atoms with Crippen LogP contribution in [0.4, 0.5) is 10.1 Å². The van der Waals surface area contributed by atoms with Gasteiger partial charge in [-0.1, -0.05) is 41.9 Å². The van der Waals surface area contributed by atoms with Crippen LogP contribution in [0.3, 0.4) is 0 Å². The summed E-state index contributed by atoms with van der Waals surface area (Å²) in [7, 11) is 0. The van der Waals surface area contributed by atoms with Crippen molar-refractivity contribution in [3.63, 3.8) is 0 Å². The standard InChI is InChI=1S/C21H23BrFNO2/c1-5-26-21(25)16-8-6-15(7-9-16)19(10-13(2)3)24-20-11-14(4)17(22)12-18(20)23/h6-9,11-13H,5,10H2,1-4H3. The van der Waals surface area contributed by atoms with Crippen molar-refractivity contribution >= 4 is 33.3 Å². The first-order valence-corrected chi connectivity index (χ1v) is 9.41. The van der Waals surface area contributed by atoms with E-state index in [-0.39, 0.29) is 11.8 Å². The van der Waals surface area contributed by atoms with Crippen LogP contribution in [0.5, 0.6) is 0 Å². The molecule has 26 heavy (non-hydrogen) atoms. The molecule has 0 aromatic heterocycles. The molecule has 5 heteroatoms. The minimum absolute atomic E-state index is 0.316. The van der Waals surface area contributed by atoms with Gasteiger partial charge >= 0.3 is 5.97 Å². The Balaban J connectivity index is 2.42. The first-order chi connectivity index (χ1) is 12.3. The number of ether oxygens (including phenoxy) is 1. The lowest BCUT2D eigenvalue weighted by atomic mass is 9.99. The van der Waals surface area contributed by atoms with Gasteiger partial charge in [-0.15, -0.1) is 0 Å². The number of carbonyl (C=O) groups excluding carboxylic acids is 1. The summed E-state index contributed by atoms with van der Waals surface area (Å²) in [5, 5.41) is 0. The van der Waals surface area contributed by atoms with Crippen molar-refractivity contribution in [1.29, 1.82) is 0 Å². The van der Waals surface area contributed by atoms with Crippen molar-refractivity contribution in [2.24, 2.45) is 10.9 Å². The van der Waals surface area contributed by atoms with Gasteiger partial charge < -0.3 is 4.74 Å². The Morgan fingerprint density at radius 1 is 1.19 bits per heavy atom. The summed E-state index contributed by atoms with van der Waals surface area (Å²) in [5.41, 5.74) is 3.38. The topological polar surface area (TPSA) is 38.7 Å². The maximum atomic E-state index is 14.3. The van der Waals surface area contributed by atoms with E-state index in [9.17, 15) is 9.18 Å². The SMILES string of the molecule is CCOC(=O)c1ccc(C(CC(C)C)=Nc2cc(C)c(Br)cc2F)cc1. The first kappa shape index (κ1) is 20.3. The predicted octanol–water partition coefficient (Wildman–Crippen LogP) is 6.24. The van der Waals surface area contributed by atoms with Gasteiger partial charge in [-0.05, 0) is 61.6 Å². The summed E-state index contributed by atoms with van der Waals surface area (Å²) >= 11 is 3.33. The molecule has 0 amide bonds. The molecular weight excluding hydrogens is 397 g/mol.